The van der Waals surface area contributed by atoms with Crippen LogP contribution in [-0.4, -0.2) is 17.6 Å². The molecule has 0 heterocycles. The van der Waals surface area contributed by atoms with Crippen molar-refractivity contribution < 1.29 is 9.90 Å². The molecule has 1 rings (SSSR count). The summed E-state index contributed by atoms with van der Waals surface area (Å²) in [5.74, 6) is -0.117. The monoisotopic (exact) mass is 193 g/mol. The highest BCUT2D eigenvalue weighted by atomic mass is 16.3. The molecule has 2 N–H and O–H groups in total. The van der Waals surface area contributed by atoms with Gasteiger partial charge in [-0.2, -0.15) is 0 Å². The fraction of sp³-hybridized carbons (Fsp3) is 0.364. The summed E-state index contributed by atoms with van der Waals surface area (Å²) in [6, 6.07) is 7.97. The summed E-state index contributed by atoms with van der Waals surface area (Å²) in [6.07, 6.45) is 0.172. The minimum absolute atomic E-state index is 0.0976. The van der Waals surface area contributed by atoms with Crippen LogP contribution in [0.15, 0.2) is 24.3 Å². The summed E-state index contributed by atoms with van der Waals surface area (Å²) in [6.45, 7) is 2.44. The van der Waals surface area contributed by atoms with E-state index in [2.05, 4.69) is 5.32 Å². The number of hydrogen-bond donors (Lipinski definition) is 2. The normalized spacial score (nSPS) is 9.86. The van der Waals surface area contributed by atoms with E-state index in [0.29, 0.717) is 6.54 Å². The minimum Gasteiger partial charge on any atom is -0.396 e. The predicted molar refractivity (Wildman–Crippen MR) is 54.7 cm³/mol. The number of aliphatic hydroxyl groups excluding tert-OH is 1. The van der Waals surface area contributed by atoms with E-state index in [4.69, 9.17) is 5.11 Å². The van der Waals surface area contributed by atoms with E-state index in [-0.39, 0.29) is 18.9 Å². The molecule has 0 saturated carbocycles. The molecule has 14 heavy (non-hydrogen) atoms. The second-order valence-corrected chi connectivity index (χ2v) is 3.24. The molecule has 0 spiro atoms. The molecule has 76 valence electrons. The third-order valence-corrected chi connectivity index (χ3v) is 1.91. The summed E-state index contributed by atoms with van der Waals surface area (Å²) >= 11 is 0. The first kappa shape index (κ1) is 10.7. The highest BCUT2D eigenvalue weighted by Gasteiger charge is 1.99. The molecule has 0 aliphatic heterocycles. The smallest absolute Gasteiger partial charge is 0.222 e. The van der Waals surface area contributed by atoms with Crippen molar-refractivity contribution in [3.8, 4) is 0 Å². The Morgan fingerprint density at radius 2 is 2.29 bits per heavy atom. The molecule has 0 radical (unpaired) electrons. The summed E-state index contributed by atoms with van der Waals surface area (Å²) in [5.41, 5.74) is 2.26. The van der Waals surface area contributed by atoms with Gasteiger partial charge in [-0.3, -0.25) is 4.79 Å². The van der Waals surface area contributed by atoms with Crippen molar-refractivity contribution in [3.63, 3.8) is 0 Å². The lowest BCUT2D eigenvalue weighted by atomic mass is 10.1. The van der Waals surface area contributed by atoms with Gasteiger partial charge in [0.25, 0.3) is 0 Å². The number of aryl methyl sites for hydroxylation is 1. The zero-order valence-electron chi connectivity index (χ0n) is 8.29. The molecule has 0 atom stereocenters. The van der Waals surface area contributed by atoms with Gasteiger partial charge in [0, 0.05) is 13.0 Å². The number of rotatable bonds is 4. The summed E-state index contributed by atoms with van der Waals surface area (Å²) < 4.78 is 0. The molecule has 0 aromatic heterocycles. The number of nitrogens with one attached hydrogen (secondary N) is 1. The van der Waals surface area contributed by atoms with Crippen LogP contribution in [0, 0.1) is 6.92 Å². The highest BCUT2D eigenvalue weighted by molar-refractivity contribution is 5.75. The molecule has 3 nitrogen and oxygen atoms in total. The number of carbonyl (C=O) groups is 1. The summed E-state index contributed by atoms with van der Waals surface area (Å²) in [5, 5.41) is 11.2. The van der Waals surface area contributed by atoms with Gasteiger partial charge < -0.3 is 10.4 Å². The lowest BCUT2D eigenvalue weighted by molar-refractivity contribution is -0.121. The molecule has 1 aromatic carbocycles. The molecule has 0 bridgehead atoms. The summed E-state index contributed by atoms with van der Waals surface area (Å²) in [7, 11) is 0. The van der Waals surface area contributed by atoms with Crippen LogP contribution < -0.4 is 5.32 Å². The average Bonchev–Trinajstić information content (AvgIpc) is 2.15. The topological polar surface area (TPSA) is 49.3 Å². The van der Waals surface area contributed by atoms with Gasteiger partial charge >= 0.3 is 0 Å². The molecule has 0 fully saturated rings. The van der Waals surface area contributed by atoms with Crippen LogP contribution >= 0.6 is 0 Å². The second-order valence-electron chi connectivity index (χ2n) is 3.24. The number of carbonyl (C=O) groups excluding carboxylic acids is 1. The maximum atomic E-state index is 11.0. The predicted octanol–water partition coefficient (Wildman–Crippen LogP) is 0.994. The van der Waals surface area contributed by atoms with Crippen LogP contribution in [-0.2, 0) is 11.3 Å². The Morgan fingerprint density at radius 1 is 1.50 bits per heavy atom. The number of amides is 1. The Balaban J connectivity index is 2.41. The van der Waals surface area contributed by atoms with Crippen LogP contribution in [0.3, 0.4) is 0 Å². The van der Waals surface area contributed by atoms with Gasteiger partial charge in [-0.25, -0.2) is 0 Å². The molecular formula is C11H15NO2. The number of hydrogen-bond acceptors (Lipinski definition) is 2. The van der Waals surface area contributed by atoms with Crippen molar-refractivity contribution in [1.29, 1.82) is 0 Å². The molecule has 0 aliphatic carbocycles. The van der Waals surface area contributed by atoms with E-state index in [1.54, 1.807) is 0 Å². The SMILES string of the molecule is Cc1cccc(CNC(=O)CCO)c1. The molecule has 1 aromatic rings. The van der Waals surface area contributed by atoms with E-state index in [1.165, 1.54) is 5.56 Å². The fourth-order valence-corrected chi connectivity index (χ4v) is 1.21. The Hall–Kier alpha value is -1.35. The second kappa shape index (κ2) is 5.40. The average molecular weight is 193 g/mol. The van der Waals surface area contributed by atoms with Crippen molar-refractivity contribution in [2.45, 2.75) is 19.9 Å². The van der Waals surface area contributed by atoms with Crippen molar-refractivity contribution >= 4 is 5.91 Å². The maximum absolute atomic E-state index is 11.0. The van der Waals surface area contributed by atoms with Crippen LogP contribution in [0.2, 0.25) is 0 Å². The Morgan fingerprint density at radius 3 is 2.93 bits per heavy atom. The van der Waals surface area contributed by atoms with E-state index in [1.807, 2.05) is 31.2 Å². The first-order chi connectivity index (χ1) is 6.72. The van der Waals surface area contributed by atoms with E-state index in [9.17, 15) is 4.79 Å². The molecule has 0 saturated heterocycles. The van der Waals surface area contributed by atoms with Gasteiger partial charge in [0.1, 0.15) is 0 Å². The third kappa shape index (κ3) is 3.58. The largest absolute Gasteiger partial charge is 0.396 e. The van der Waals surface area contributed by atoms with Gasteiger partial charge in [-0.15, -0.1) is 0 Å². The van der Waals surface area contributed by atoms with Crippen LogP contribution in [0.5, 0.6) is 0 Å². The van der Waals surface area contributed by atoms with Gasteiger partial charge in [0.2, 0.25) is 5.91 Å². The Labute approximate surface area is 83.8 Å². The quantitative estimate of drug-likeness (QED) is 0.749. The van der Waals surface area contributed by atoms with Crippen LogP contribution in [0.4, 0.5) is 0 Å². The fourth-order valence-electron chi connectivity index (χ4n) is 1.21. The zero-order valence-corrected chi connectivity index (χ0v) is 8.29. The standard InChI is InChI=1S/C11H15NO2/c1-9-3-2-4-10(7-9)8-12-11(14)5-6-13/h2-4,7,13H,5-6,8H2,1H3,(H,12,14). The molecule has 3 heteroatoms. The summed E-state index contributed by atoms with van der Waals surface area (Å²) in [4.78, 5) is 11.0. The molecule has 1 amide bonds. The molecular weight excluding hydrogens is 178 g/mol. The Kier molecular flexibility index (Phi) is 4.13. The van der Waals surface area contributed by atoms with Crippen molar-refractivity contribution in [2.75, 3.05) is 6.61 Å². The lowest BCUT2D eigenvalue weighted by Crippen LogP contribution is -2.23. The number of benzene rings is 1. The molecule has 0 aliphatic rings. The first-order valence-electron chi connectivity index (χ1n) is 4.65. The van der Waals surface area contributed by atoms with Crippen molar-refractivity contribution in [1.82, 2.24) is 5.32 Å². The molecule has 0 unspecified atom stereocenters. The van der Waals surface area contributed by atoms with Gasteiger partial charge in [-0.05, 0) is 12.5 Å². The lowest BCUT2D eigenvalue weighted by Gasteiger charge is -2.04. The van der Waals surface area contributed by atoms with Crippen molar-refractivity contribution in [3.05, 3.63) is 35.4 Å². The van der Waals surface area contributed by atoms with E-state index >= 15 is 0 Å². The van der Waals surface area contributed by atoms with Gasteiger partial charge in [0.15, 0.2) is 0 Å². The van der Waals surface area contributed by atoms with Crippen LogP contribution in [0.1, 0.15) is 17.5 Å². The highest BCUT2D eigenvalue weighted by Crippen LogP contribution is 2.03. The van der Waals surface area contributed by atoms with Crippen molar-refractivity contribution in [2.24, 2.45) is 0 Å². The third-order valence-electron chi connectivity index (χ3n) is 1.91. The number of aliphatic hydroxyl groups is 1. The van der Waals surface area contributed by atoms with Crippen LogP contribution in [0.25, 0.3) is 0 Å². The van der Waals surface area contributed by atoms with Gasteiger partial charge in [0.05, 0.1) is 6.61 Å². The Bertz CT molecular complexity index is 310. The zero-order chi connectivity index (χ0) is 10.4. The minimum atomic E-state index is -0.117. The van der Waals surface area contributed by atoms with Gasteiger partial charge in [-0.1, -0.05) is 29.8 Å². The van der Waals surface area contributed by atoms with E-state index in [0.717, 1.165) is 5.56 Å². The maximum Gasteiger partial charge on any atom is 0.222 e. The first-order valence-corrected chi connectivity index (χ1v) is 4.65. The van der Waals surface area contributed by atoms with E-state index < -0.39 is 0 Å².